The zero-order valence-corrected chi connectivity index (χ0v) is 19.4. The molecule has 2 fully saturated rings. The molecule has 33 heavy (non-hydrogen) atoms. The van der Waals surface area contributed by atoms with Gasteiger partial charge in [-0.2, -0.15) is 0 Å². The molecule has 5 nitrogen and oxygen atoms in total. The number of halogens is 1. The lowest BCUT2D eigenvalue weighted by Crippen LogP contribution is -2.33. The highest BCUT2D eigenvalue weighted by molar-refractivity contribution is 7.88. The van der Waals surface area contributed by atoms with Gasteiger partial charge in [0.05, 0.1) is 6.26 Å². The van der Waals surface area contributed by atoms with Gasteiger partial charge in [0.15, 0.2) is 0 Å². The molecule has 2 N–H and O–H groups in total. The predicted molar refractivity (Wildman–Crippen MR) is 130 cm³/mol. The SMILES string of the molecule is Cc1cc(Nc2ccc(F)cc2)c(C=N)cc1[C@]12CN(S(C)(=O)=O)C[C@H]1[C@@H]2c1ccccc1. The summed E-state index contributed by atoms with van der Waals surface area (Å²) in [6.45, 7) is 2.99. The first-order valence-electron chi connectivity index (χ1n) is 10.9. The Hall–Kier alpha value is -3.03. The molecule has 170 valence electrons. The second-order valence-electron chi connectivity index (χ2n) is 9.12. The number of nitrogens with one attached hydrogen (secondary N) is 2. The number of aryl methyl sites for hydroxylation is 1. The van der Waals surface area contributed by atoms with Crippen molar-refractivity contribution in [1.82, 2.24) is 4.31 Å². The first kappa shape index (κ1) is 21.8. The van der Waals surface area contributed by atoms with Crippen LogP contribution in [-0.2, 0) is 15.4 Å². The molecule has 0 unspecified atom stereocenters. The molecule has 2 aliphatic rings. The smallest absolute Gasteiger partial charge is 0.211 e. The summed E-state index contributed by atoms with van der Waals surface area (Å²) >= 11 is 0. The van der Waals surface area contributed by atoms with Crippen LogP contribution in [0.1, 0.15) is 28.2 Å². The number of nitrogens with zero attached hydrogens (tertiary/aromatic N) is 1. The van der Waals surface area contributed by atoms with Crippen LogP contribution < -0.4 is 5.32 Å². The fourth-order valence-electron chi connectivity index (χ4n) is 5.62. The average molecular weight is 464 g/mol. The fourth-order valence-corrected chi connectivity index (χ4v) is 6.50. The maximum atomic E-state index is 13.3. The molecule has 0 amide bonds. The van der Waals surface area contributed by atoms with Crippen molar-refractivity contribution in [3.8, 4) is 0 Å². The molecule has 0 bridgehead atoms. The van der Waals surface area contributed by atoms with Crippen molar-refractivity contribution in [2.75, 3.05) is 24.7 Å². The van der Waals surface area contributed by atoms with Gasteiger partial charge in [-0.05, 0) is 65.9 Å². The number of sulfonamides is 1. The Balaban J connectivity index is 1.57. The quantitative estimate of drug-likeness (QED) is 0.516. The van der Waals surface area contributed by atoms with E-state index in [-0.39, 0.29) is 23.1 Å². The first-order valence-corrected chi connectivity index (χ1v) is 12.8. The normalized spacial score (nSPS) is 24.3. The van der Waals surface area contributed by atoms with E-state index < -0.39 is 10.0 Å². The number of hydrogen-bond acceptors (Lipinski definition) is 4. The molecular formula is C26H26FN3O2S. The average Bonchev–Trinajstić information content (AvgIpc) is 3.23. The molecule has 0 spiro atoms. The molecule has 1 saturated heterocycles. The molecule has 1 saturated carbocycles. The van der Waals surface area contributed by atoms with Gasteiger partial charge in [0.25, 0.3) is 0 Å². The van der Waals surface area contributed by atoms with E-state index in [1.165, 1.54) is 30.2 Å². The van der Waals surface area contributed by atoms with Gasteiger partial charge in [0.2, 0.25) is 10.0 Å². The minimum absolute atomic E-state index is 0.197. The zero-order valence-electron chi connectivity index (χ0n) is 18.5. The Labute approximate surface area is 193 Å². The van der Waals surface area contributed by atoms with E-state index in [4.69, 9.17) is 5.41 Å². The Morgan fingerprint density at radius 1 is 1.12 bits per heavy atom. The number of anilines is 2. The molecular weight excluding hydrogens is 437 g/mol. The first-order chi connectivity index (χ1) is 15.7. The monoisotopic (exact) mass is 463 g/mol. The van der Waals surface area contributed by atoms with E-state index in [0.29, 0.717) is 18.7 Å². The van der Waals surface area contributed by atoms with Crippen LogP contribution >= 0.6 is 0 Å². The van der Waals surface area contributed by atoms with Gasteiger partial charge >= 0.3 is 0 Å². The summed E-state index contributed by atoms with van der Waals surface area (Å²) in [6.07, 6.45) is 2.58. The number of rotatable bonds is 6. The third kappa shape index (κ3) is 3.65. The van der Waals surface area contributed by atoms with Crippen LogP contribution in [0.3, 0.4) is 0 Å². The number of piperidine rings is 1. The molecule has 7 heteroatoms. The van der Waals surface area contributed by atoms with E-state index in [1.807, 2.05) is 37.3 Å². The topological polar surface area (TPSA) is 73.3 Å². The van der Waals surface area contributed by atoms with Gasteiger partial charge in [-0.25, -0.2) is 17.1 Å². The van der Waals surface area contributed by atoms with E-state index in [2.05, 4.69) is 17.4 Å². The van der Waals surface area contributed by atoms with E-state index in [1.54, 1.807) is 16.4 Å². The molecule has 3 aromatic rings. The summed E-state index contributed by atoms with van der Waals surface area (Å²) < 4.78 is 39.6. The zero-order chi connectivity index (χ0) is 23.4. The van der Waals surface area contributed by atoms with Crippen molar-refractivity contribution < 1.29 is 12.8 Å². The lowest BCUT2D eigenvalue weighted by molar-refractivity contribution is 0.425. The van der Waals surface area contributed by atoms with Crippen molar-refractivity contribution in [1.29, 1.82) is 5.41 Å². The lowest BCUT2D eigenvalue weighted by atomic mass is 9.86. The van der Waals surface area contributed by atoms with Crippen molar-refractivity contribution in [3.05, 3.63) is 94.8 Å². The van der Waals surface area contributed by atoms with Crippen LogP contribution in [-0.4, -0.2) is 38.3 Å². The molecule has 1 aliphatic heterocycles. The largest absolute Gasteiger partial charge is 0.355 e. The summed E-state index contributed by atoms with van der Waals surface area (Å²) in [6, 6.07) is 20.4. The van der Waals surface area contributed by atoms with Crippen molar-refractivity contribution >= 4 is 27.6 Å². The summed E-state index contributed by atoms with van der Waals surface area (Å²) in [5.74, 6) is 0.134. The molecule has 0 radical (unpaired) electrons. The Bertz CT molecular complexity index is 1330. The third-order valence-corrected chi connectivity index (χ3v) is 8.37. The maximum Gasteiger partial charge on any atom is 0.211 e. The third-order valence-electron chi connectivity index (χ3n) is 7.15. The Kier molecular flexibility index (Phi) is 5.14. The van der Waals surface area contributed by atoms with Crippen LogP contribution in [0.15, 0.2) is 66.7 Å². The van der Waals surface area contributed by atoms with Gasteiger partial charge in [0, 0.05) is 47.6 Å². The fraction of sp³-hybridized carbons (Fsp3) is 0.269. The Morgan fingerprint density at radius 3 is 2.45 bits per heavy atom. The van der Waals surface area contributed by atoms with Crippen LogP contribution in [0.4, 0.5) is 15.8 Å². The van der Waals surface area contributed by atoms with Crippen molar-refractivity contribution in [2.24, 2.45) is 5.92 Å². The van der Waals surface area contributed by atoms with Crippen LogP contribution in [0.5, 0.6) is 0 Å². The summed E-state index contributed by atoms with van der Waals surface area (Å²) in [4.78, 5) is 0. The second-order valence-corrected chi connectivity index (χ2v) is 11.1. The minimum atomic E-state index is -3.29. The van der Waals surface area contributed by atoms with Gasteiger partial charge in [0.1, 0.15) is 5.82 Å². The highest BCUT2D eigenvalue weighted by atomic mass is 32.2. The highest BCUT2D eigenvalue weighted by Gasteiger charge is 2.71. The molecule has 1 heterocycles. The van der Waals surface area contributed by atoms with Crippen LogP contribution in [0, 0.1) is 24.1 Å². The summed E-state index contributed by atoms with van der Waals surface area (Å²) in [5, 5.41) is 11.3. The Morgan fingerprint density at radius 2 is 1.82 bits per heavy atom. The van der Waals surface area contributed by atoms with Crippen molar-refractivity contribution in [2.45, 2.75) is 18.3 Å². The van der Waals surface area contributed by atoms with E-state index >= 15 is 0 Å². The molecule has 5 rings (SSSR count). The van der Waals surface area contributed by atoms with Gasteiger partial charge < -0.3 is 10.7 Å². The minimum Gasteiger partial charge on any atom is -0.355 e. The van der Waals surface area contributed by atoms with Crippen LogP contribution in [0.25, 0.3) is 0 Å². The van der Waals surface area contributed by atoms with Crippen LogP contribution in [0.2, 0.25) is 0 Å². The van der Waals surface area contributed by atoms with Gasteiger partial charge in [-0.1, -0.05) is 30.3 Å². The molecule has 0 aromatic heterocycles. The second kappa shape index (κ2) is 7.78. The predicted octanol–water partition coefficient (Wildman–Crippen LogP) is 4.80. The van der Waals surface area contributed by atoms with E-state index in [9.17, 15) is 12.8 Å². The molecule has 1 aliphatic carbocycles. The number of hydrogen-bond donors (Lipinski definition) is 2. The van der Waals surface area contributed by atoms with Crippen molar-refractivity contribution in [3.63, 3.8) is 0 Å². The summed E-state index contributed by atoms with van der Waals surface area (Å²) in [5.41, 5.74) is 5.27. The van der Waals surface area contributed by atoms with Gasteiger partial charge in [-0.15, -0.1) is 0 Å². The highest BCUT2D eigenvalue weighted by Crippen LogP contribution is 2.70. The number of fused-ring (bicyclic) bond motifs is 1. The summed E-state index contributed by atoms with van der Waals surface area (Å²) in [7, 11) is -3.29. The number of benzene rings is 3. The maximum absolute atomic E-state index is 13.3. The molecule has 3 aromatic carbocycles. The van der Waals surface area contributed by atoms with Gasteiger partial charge in [-0.3, -0.25) is 0 Å². The molecule has 3 atom stereocenters. The standard InChI is InChI=1S/C26H26FN3O2S/c1-17-12-24(29-21-10-8-20(27)9-11-21)19(14-28)13-22(17)26-16-30(33(2,31)32)15-23(26)25(26)18-6-4-3-5-7-18/h3-14,23,25,28-29H,15-16H2,1-2H3/t23-,25-,26+/m0/s1. The van der Waals surface area contributed by atoms with E-state index in [0.717, 1.165) is 22.5 Å². The lowest BCUT2D eigenvalue weighted by Gasteiger charge is -2.25.